The molecule has 1 aliphatic heterocycles. The molecule has 3 rings (SSSR count). The predicted octanol–water partition coefficient (Wildman–Crippen LogP) is 3.83. The van der Waals surface area contributed by atoms with Crippen LogP contribution in [0.1, 0.15) is 16.7 Å². The van der Waals surface area contributed by atoms with E-state index in [0.29, 0.717) is 13.0 Å². The largest absolute Gasteiger partial charge is 0.489 e. The van der Waals surface area contributed by atoms with E-state index in [0.717, 1.165) is 28.2 Å². The third-order valence-electron chi connectivity index (χ3n) is 3.59. The molecule has 1 unspecified atom stereocenters. The van der Waals surface area contributed by atoms with Gasteiger partial charge < -0.3 is 9.47 Å². The first-order valence-corrected chi connectivity index (χ1v) is 6.77. The van der Waals surface area contributed by atoms with E-state index < -0.39 is 0 Å². The zero-order valence-electron chi connectivity index (χ0n) is 11.7. The van der Waals surface area contributed by atoms with Gasteiger partial charge in [-0.15, -0.1) is 0 Å². The number of hydrogen-bond donors (Lipinski definition) is 0. The number of benzene rings is 2. The number of hydrogen-bond acceptors (Lipinski definition) is 2. The number of halogens is 1. The Balaban J connectivity index is 1.67. The molecule has 0 aromatic heterocycles. The van der Waals surface area contributed by atoms with Gasteiger partial charge in [-0.25, -0.2) is 4.39 Å². The molecule has 1 atom stereocenters. The van der Waals surface area contributed by atoms with Crippen LogP contribution in [0, 0.1) is 19.7 Å². The molecule has 2 aromatic carbocycles. The normalized spacial score (nSPS) is 16.6. The van der Waals surface area contributed by atoms with Crippen molar-refractivity contribution in [1.82, 2.24) is 0 Å². The number of fused-ring (bicyclic) bond motifs is 1. The molecule has 20 heavy (non-hydrogen) atoms. The molecule has 0 spiro atoms. The van der Waals surface area contributed by atoms with Crippen LogP contribution in [0.4, 0.5) is 4.39 Å². The highest BCUT2D eigenvalue weighted by Gasteiger charge is 2.24. The second-order valence-electron chi connectivity index (χ2n) is 5.23. The third-order valence-corrected chi connectivity index (χ3v) is 3.59. The Morgan fingerprint density at radius 3 is 2.70 bits per heavy atom. The molecule has 104 valence electrons. The Kier molecular flexibility index (Phi) is 3.35. The van der Waals surface area contributed by atoms with Crippen LogP contribution in [0.15, 0.2) is 36.4 Å². The Hall–Kier alpha value is -2.03. The minimum atomic E-state index is -0.219. The van der Waals surface area contributed by atoms with Gasteiger partial charge in [0.25, 0.3) is 0 Å². The van der Waals surface area contributed by atoms with Gasteiger partial charge >= 0.3 is 0 Å². The van der Waals surface area contributed by atoms with Crippen LogP contribution in [0.25, 0.3) is 0 Å². The van der Waals surface area contributed by atoms with Gasteiger partial charge in [-0.1, -0.05) is 18.2 Å². The second kappa shape index (κ2) is 5.16. The molecule has 0 radical (unpaired) electrons. The van der Waals surface area contributed by atoms with Crippen molar-refractivity contribution >= 4 is 0 Å². The first kappa shape index (κ1) is 13.0. The Bertz CT molecular complexity index is 617. The Morgan fingerprint density at radius 2 is 1.95 bits per heavy atom. The molecule has 3 heteroatoms. The fourth-order valence-corrected chi connectivity index (χ4v) is 2.59. The van der Waals surface area contributed by atoms with Crippen molar-refractivity contribution in [2.75, 3.05) is 6.61 Å². The van der Waals surface area contributed by atoms with Crippen LogP contribution in [-0.4, -0.2) is 12.7 Å². The lowest BCUT2D eigenvalue weighted by molar-refractivity contribution is 0.147. The summed E-state index contributed by atoms with van der Waals surface area (Å²) in [6, 6.07) is 10.7. The van der Waals surface area contributed by atoms with Gasteiger partial charge in [0.15, 0.2) is 0 Å². The van der Waals surface area contributed by atoms with Crippen LogP contribution < -0.4 is 9.47 Å². The highest BCUT2D eigenvalue weighted by atomic mass is 19.1. The van der Waals surface area contributed by atoms with Crippen LogP contribution in [-0.2, 0) is 6.42 Å². The zero-order valence-corrected chi connectivity index (χ0v) is 11.7. The van der Waals surface area contributed by atoms with Crippen molar-refractivity contribution in [3.8, 4) is 11.5 Å². The monoisotopic (exact) mass is 272 g/mol. The third kappa shape index (κ3) is 2.48. The molecule has 0 saturated carbocycles. The van der Waals surface area contributed by atoms with E-state index >= 15 is 0 Å². The summed E-state index contributed by atoms with van der Waals surface area (Å²) < 4.78 is 24.8. The highest BCUT2D eigenvalue weighted by molar-refractivity contribution is 5.40. The van der Waals surface area contributed by atoms with Crippen molar-refractivity contribution < 1.29 is 13.9 Å². The summed E-state index contributed by atoms with van der Waals surface area (Å²) in [6.45, 7) is 4.53. The minimum absolute atomic E-state index is 0.0502. The van der Waals surface area contributed by atoms with Crippen LogP contribution in [0.3, 0.4) is 0 Å². The maximum Gasteiger partial charge on any atom is 0.137 e. The fraction of sp³-hybridized carbons (Fsp3) is 0.294. The molecular weight excluding hydrogens is 255 g/mol. The summed E-state index contributed by atoms with van der Waals surface area (Å²) in [7, 11) is 0. The number of rotatable bonds is 3. The summed E-state index contributed by atoms with van der Waals surface area (Å²) in [6.07, 6.45) is 0.642. The molecule has 2 aromatic rings. The number of para-hydroxylation sites is 1. The van der Waals surface area contributed by atoms with E-state index in [1.807, 2.05) is 32.0 Å². The predicted molar refractivity (Wildman–Crippen MR) is 75.9 cm³/mol. The van der Waals surface area contributed by atoms with E-state index in [2.05, 4.69) is 0 Å². The molecular formula is C17H17FO2. The fourth-order valence-electron chi connectivity index (χ4n) is 2.59. The Morgan fingerprint density at radius 1 is 1.20 bits per heavy atom. The van der Waals surface area contributed by atoms with Gasteiger partial charge in [0.1, 0.15) is 30.0 Å². The number of ether oxygens (including phenoxy) is 2. The van der Waals surface area contributed by atoms with Crippen molar-refractivity contribution in [2.24, 2.45) is 0 Å². The SMILES string of the molecule is Cc1cccc(C)c1OCC1Cc2cc(F)ccc2O1. The van der Waals surface area contributed by atoms with Gasteiger partial charge in [-0.05, 0) is 43.2 Å². The molecule has 1 heterocycles. The van der Waals surface area contributed by atoms with E-state index in [-0.39, 0.29) is 11.9 Å². The summed E-state index contributed by atoms with van der Waals surface area (Å²) in [5.74, 6) is 1.46. The maximum absolute atomic E-state index is 13.2. The lowest BCUT2D eigenvalue weighted by Gasteiger charge is -2.15. The summed E-state index contributed by atoms with van der Waals surface area (Å²) in [5.41, 5.74) is 3.15. The highest BCUT2D eigenvalue weighted by Crippen LogP contribution is 2.30. The van der Waals surface area contributed by atoms with Crippen LogP contribution in [0.5, 0.6) is 11.5 Å². The van der Waals surface area contributed by atoms with E-state index in [1.54, 1.807) is 6.07 Å². The van der Waals surface area contributed by atoms with Crippen LogP contribution >= 0.6 is 0 Å². The summed E-state index contributed by atoms with van der Waals surface area (Å²) in [4.78, 5) is 0. The zero-order chi connectivity index (χ0) is 14.1. The van der Waals surface area contributed by atoms with Crippen molar-refractivity contribution in [1.29, 1.82) is 0 Å². The molecule has 0 N–H and O–H groups in total. The topological polar surface area (TPSA) is 18.5 Å². The first-order chi connectivity index (χ1) is 9.63. The van der Waals surface area contributed by atoms with Gasteiger partial charge in [0.05, 0.1) is 0 Å². The van der Waals surface area contributed by atoms with Gasteiger partial charge in [-0.3, -0.25) is 0 Å². The standard InChI is InChI=1S/C17H17FO2/c1-11-4-3-5-12(2)17(11)19-10-15-9-13-8-14(18)6-7-16(13)20-15/h3-8,15H,9-10H2,1-2H3. The maximum atomic E-state index is 13.2. The number of aryl methyl sites for hydroxylation is 2. The van der Waals surface area contributed by atoms with E-state index in [1.165, 1.54) is 12.1 Å². The minimum Gasteiger partial charge on any atom is -0.489 e. The second-order valence-corrected chi connectivity index (χ2v) is 5.23. The van der Waals surface area contributed by atoms with Crippen LogP contribution in [0.2, 0.25) is 0 Å². The lowest BCUT2D eigenvalue weighted by Crippen LogP contribution is -2.22. The summed E-state index contributed by atoms with van der Waals surface area (Å²) >= 11 is 0. The smallest absolute Gasteiger partial charge is 0.137 e. The van der Waals surface area contributed by atoms with E-state index in [9.17, 15) is 4.39 Å². The van der Waals surface area contributed by atoms with Crippen molar-refractivity contribution in [2.45, 2.75) is 26.4 Å². The summed E-state index contributed by atoms with van der Waals surface area (Å²) in [5, 5.41) is 0. The molecule has 2 nitrogen and oxygen atoms in total. The molecule has 0 fully saturated rings. The van der Waals surface area contributed by atoms with Crippen molar-refractivity contribution in [3.63, 3.8) is 0 Å². The van der Waals surface area contributed by atoms with E-state index in [4.69, 9.17) is 9.47 Å². The average molecular weight is 272 g/mol. The van der Waals surface area contributed by atoms with Gasteiger partial charge in [-0.2, -0.15) is 0 Å². The molecule has 0 amide bonds. The average Bonchev–Trinajstić information content (AvgIpc) is 2.80. The first-order valence-electron chi connectivity index (χ1n) is 6.77. The quantitative estimate of drug-likeness (QED) is 0.845. The van der Waals surface area contributed by atoms with Crippen molar-refractivity contribution in [3.05, 3.63) is 58.9 Å². The van der Waals surface area contributed by atoms with Gasteiger partial charge in [0, 0.05) is 12.0 Å². The Labute approximate surface area is 118 Å². The molecule has 0 bridgehead atoms. The molecule has 1 aliphatic rings. The molecule has 0 saturated heterocycles. The van der Waals surface area contributed by atoms with Gasteiger partial charge in [0.2, 0.25) is 0 Å². The molecule has 0 aliphatic carbocycles. The lowest BCUT2D eigenvalue weighted by atomic mass is 10.1.